The number of amides is 1. The van der Waals surface area contributed by atoms with E-state index in [1.165, 1.54) is 19.1 Å². The molecule has 1 aromatic carbocycles. The summed E-state index contributed by atoms with van der Waals surface area (Å²) in [5.41, 5.74) is 6.10. The van der Waals surface area contributed by atoms with Gasteiger partial charge >= 0.3 is 5.97 Å². The van der Waals surface area contributed by atoms with E-state index in [1.54, 1.807) is 6.92 Å². The third-order valence-electron chi connectivity index (χ3n) is 5.18. The number of carbonyl (C=O) groups is 2. The average Bonchev–Trinajstić information content (AvgIpc) is 2.73. The summed E-state index contributed by atoms with van der Waals surface area (Å²) in [6.45, 7) is 5.62. The van der Waals surface area contributed by atoms with Gasteiger partial charge in [0.1, 0.15) is 6.04 Å². The summed E-state index contributed by atoms with van der Waals surface area (Å²) >= 11 is 0. The van der Waals surface area contributed by atoms with Crippen molar-refractivity contribution >= 4 is 24.3 Å². The lowest BCUT2D eigenvalue weighted by atomic mass is 9.90. The zero-order valence-electron chi connectivity index (χ0n) is 18.3. The number of hydrogen-bond donors (Lipinski definition) is 1. The first-order valence-electron chi connectivity index (χ1n) is 9.91. The Hall–Kier alpha value is -2.15. The molecule has 1 aliphatic carbocycles. The van der Waals surface area contributed by atoms with Crippen molar-refractivity contribution in [1.82, 2.24) is 4.90 Å². The Kier molecular flexibility index (Phi) is 9.75. The molecule has 0 heterocycles. The first kappa shape index (κ1) is 25.9. The summed E-state index contributed by atoms with van der Waals surface area (Å²) < 4.78 is 10.7. The van der Waals surface area contributed by atoms with Crippen molar-refractivity contribution in [2.75, 3.05) is 14.2 Å². The topological polar surface area (TPSA) is 81.9 Å². The number of nitrogens with zero attached hydrogens (tertiary/aromatic N) is 1. The van der Waals surface area contributed by atoms with Gasteiger partial charge in [0.15, 0.2) is 5.72 Å². The van der Waals surface area contributed by atoms with Crippen LogP contribution in [0.5, 0.6) is 0 Å². The minimum atomic E-state index is -1.22. The molecule has 0 aliphatic heterocycles. The highest BCUT2D eigenvalue weighted by molar-refractivity contribution is 5.88. The van der Waals surface area contributed by atoms with Gasteiger partial charge in [0, 0.05) is 13.0 Å². The highest BCUT2D eigenvalue weighted by Crippen LogP contribution is 2.33. The maximum atomic E-state index is 13.3. The number of rotatable bonds is 8. The Morgan fingerprint density at radius 2 is 1.67 bits per heavy atom. The van der Waals surface area contributed by atoms with Crippen LogP contribution in [0.3, 0.4) is 0 Å². The Balaban J connectivity index is 0.00000450. The zero-order chi connectivity index (χ0) is 21.6. The molecule has 6 nitrogen and oxygen atoms in total. The number of esters is 1. The molecule has 1 amide bonds. The van der Waals surface area contributed by atoms with Crippen LogP contribution in [0.1, 0.15) is 38.7 Å². The fourth-order valence-corrected chi connectivity index (χ4v) is 3.62. The van der Waals surface area contributed by atoms with Gasteiger partial charge in [0.05, 0.1) is 13.2 Å². The van der Waals surface area contributed by atoms with Crippen LogP contribution >= 0.6 is 12.4 Å². The van der Waals surface area contributed by atoms with E-state index in [0.717, 1.165) is 5.56 Å². The summed E-state index contributed by atoms with van der Waals surface area (Å²) in [6.07, 6.45) is 8.06. The van der Waals surface area contributed by atoms with E-state index in [1.807, 2.05) is 68.5 Å². The molecule has 7 heteroatoms. The van der Waals surface area contributed by atoms with E-state index in [2.05, 4.69) is 0 Å². The largest absolute Gasteiger partial charge is 0.467 e. The SMILES string of the molecule is COC(=O)[C@H](C)N(C(=O)[C@@H](N)CC(C)C)C1(OC)C=CC(c2ccccc2)C=C1.Cl. The zero-order valence-corrected chi connectivity index (χ0v) is 19.1. The highest BCUT2D eigenvalue weighted by atomic mass is 35.5. The lowest BCUT2D eigenvalue weighted by Crippen LogP contribution is -2.61. The molecule has 1 aliphatic rings. The normalized spacial score (nSPS) is 22.2. The van der Waals surface area contributed by atoms with Crippen molar-refractivity contribution in [2.45, 2.75) is 50.9 Å². The second-order valence-corrected chi connectivity index (χ2v) is 7.75. The minimum Gasteiger partial charge on any atom is -0.467 e. The van der Waals surface area contributed by atoms with Crippen LogP contribution in [-0.2, 0) is 19.1 Å². The van der Waals surface area contributed by atoms with Crippen molar-refractivity contribution in [1.29, 1.82) is 0 Å². The van der Waals surface area contributed by atoms with Gasteiger partial charge in [-0.1, -0.05) is 56.3 Å². The summed E-state index contributed by atoms with van der Waals surface area (Å²) in [6, 6.07) is 8.39. The predicted octanol–water partition coefficient (Wildman–Crippen LogP) is 3.42. The van der Waals surface area contributed by atoms with Crippen molar-refractivity contribution in [3.8, 4) is 0 Å². The molecule has 0 bridgehead atoms. The first-order chi connectivity index (χ1) is 13.8. The number of ether oxygens (including phenoxy) is 2. The van der Waals surface area contributed by atoms with Crippen molar-refractivity contribution in [2.24, 2.45) is 11.7 Å². The van der Waals surface area contributed by atoms with Gasteiger partial charge in [-0.25, -0.2) is 4.79 Å². The fourth-order valence-electron chi connectivity index (χ4n) is 3.62. The monoisotopic (exact) mass is 436 g/mol. The molecule has 2 rings (SSSR count). The van der Waals surface area contributed by atoms with Gasteiger partial charge in [-0.2, -0.15) is 0 Å². The van der Waals surface area contributed by atoms with E-state index in [9.17, 15) is 9.59 Å². The number of methoxy groups -OCH3 is 2. The summed E-state index contributed by atoms with van der Waals surface area (Å²) in [5.74, 6) is -0.596. The average molecular weight is 437 g/mol. The Labute approximate surface area is 185 Å². The number of carbonyl (C=O) groups excluding carboxylic acids is 2. The van der Waals surface area contributed by atoms with E-state index in [4.69, 9.17) is 15.2 Å². The van der Waals surface area contributed by atoms with Gasteiger partial charge in [-0.05, 0) is 37.0 Å². The van der Waals surface area contributed by atoms with Crippen LogP contribution in [0.15, 0.2) is 54.6 Å². The molecule has 1 aromatic rings. The number of nitrogens with two attached hydrogens (primary N) is 1. The predicted molar refractivity (Wildman–Crippen MR) is 120 cm³/mol. The molecule has 0 unspecified atom stereocenters. The fraction of sp³-hybridized carbons (Fsp3) is 0.478. The number of hydrogen-bond acceptors (Lipinski definition) is 5. The van der Waals surface area contributed by atoms with Crippen LogP contribution in [0.4, 0.5) is 0 Å². The molecule has 0 aromatic heterocycles. The molecule has 0 spiro atoms. The number of halogens is 1. The van der Waals surface area contributed by atoms with Crippen molar-refractivity contribution in [3.05, 3.63) is 60.2 Å². The second kappa shape index (κ2) is 11.3. The summed E-state index contributed by atoms with van der Waals surface area (Å²) in [7, 11) is 2.81. The number of allylic oxidation sites excluding steroid dienone is 2. The Morgan fingerprint density at radius 1 is 1.10 bits per heavy atom. The Bertz CT molecular complexity index is 750. The van der Waals surface area contributed by atoms with Crippen LogP contribution < -0.4 is 5.73 Å². The van der Waals surface area contributed by atoms with Gasteiger partial charge in [0.2, 0.25) is 5.91 Å². The van der Waals surface area contributed by atoms with Gasteiger partial charge < -0.3 is 15.2 Å². The van der Waals surface area contributed by atoms with Gasteiger partial charge in [0.25, 0.3) is 0 Å². The van der Waals surface area contributed by atoms with Crippen LogP contribution in [0.25, 0.3) is 0 Å². The second-order valence-electron chi connectivity index (χ2n) is 7.75. The molecule has 0 saturated carbocycles. The number of benzene rings is 1. The van der Waals surface area contributed by atoms with Crippen molar-refractivity contribution < 1.29 is 19.1 Å². The van der Waals surface area contributed by atoms with E-state index in [0.29, 0.717) is 6.42 Å². The molecule has 0 fully saturated rings. The molecule has 0 saturated heterocycles. The standard InChI is InChI=1S/C23H32N2O4.ClH/c1-16(2)15-20(24)21(26)25(17(3)22(27)28-4)23(29-5)13-11-19(12-14-23)18-9-7-6-8-10-18;/h6-14,16-17,19-20H,15,24H2,1-5H3;1H/t17-,19?,20-,23?;/m0./s1. The van der Waals surface area contributed by atoms with Gasteiger partial charge in [-0.3, -0.25) is 9.69 Å². The first-order valence-corrected chi connectivity index (χ1v) is 9.91. The molecule has 166 valence electrons. The van der Waals surface area contributed by atoms with Crippen molar-refractivity contribution in [3.63, 3.8) is 0 Å². The Morgan fingerprint density at radius 3 is 2.13 bits per heavy atom. The maximum Gasteiger partial charge on any atom is 0.328 e. The smallest absolute Gasteiger partial charge is 0.328 e. The van der Waals surface area contributed by atoms with Gasteiger partial charge in [-0.15, -0.1) is 12.4 Å². The lowest BCUT2D eigenvalue weighted by Gasteiger charge is -2.44. The third-order valence-corrected chi connectivity index (χ3v) is 5.18. The van der Waals surface area contributed by atoms with E-state index >= 15 is 0 Å². The summed E-state index contributed by atoms with van der Waals surface area (Å²) in [5, 5.41) is 0. The quantitative estimate of drug-likeness (QED) is 0.383. The molecular formula is C23H33ClN2O4. The van der Waals surface area contributed by atoms with E-state index in [-0.39, 0.29) is 30.2 Å². The molecule has 2 atom stereocenters. The minimum absolute atomic E-state index is 0. The third kappa shape index (κ3) is 5.72. The maximum absolute atomic E-state index is 13.3. The molecule has 30 heavy (non-hydrogen) atoms. The molecule has 2 N–H and O–H groups in total. The van der Waals surface area contributed by atoms with Crippen LogP contribution in [-0.4, -0.2) is 48.8 Å². The van der Waals surface area contributed by atoms with E-state index < -0.39 is 23.8 Å². The highest BCUT2D eigenvalue weighted by Gasteiger charge is 2.44. The summed E-state index contributed by atoms with van der Waals surface area (Å²) in [4.78, 5) is 27.0. The van der Waals surface area contributed by atoms with Crippen LogP contribution in [0, 0.1) is 5.92 Å². The lowest BCUT2D eigenvalue weighted by molar-refractivity contribution is -0.169. The van der Waals surface area contributed by atoms with Crippen LogP contribution in [0.2, 0.25) is 0 Å². The molecular weight excluding hydrogens is 404 g/mol. The molecule has 0 radical (unpaired) electrons.